The maximum absolute atomic E-state index is 5.96. The molecule has 0 aliphatic carbocycles. The fourth-order valence-corrected chi connectivity index (χ4v) is 3.08. The molecule has 0 radical (unpaired) electrons. The van der Waals surface area contributed by atoms with Crippen molar-refractivity contribution < 1.29 is 0 Å². The third-order valence-corrected chi connectivity index (χ3v) is 4.08. The first-order valence-electron chi connectivity index (χ1n) is 5.65. The number of alkyl halides is 1. The summed E-state index contributed by atoms with van der Waals surface area (Å²) < 4.78 is 2.01. The molecule has 0 bridgehead atoms. The lowest BCUT2D eigenvalue weighted by molar-refractivity contribution is 0.779. The second-order valence-corrected chi connectivity index (χ2v) is 6.11. The highest BCUT2D eigenvalue weighted by atomic mass is 35.5. The van der Waals surface area contributed by atoms with E-state index < -0.39 is 0 Å². The third-order valence-electron chi connectivity index (χ3n) is 2.73. The van der Waals surface area contributed by atoms with Crippen molar-refractivity contribution in [2.75, 3.05) is 0 Å². The fraction of sp³-hybridized carbons (Fsp3) is 0.250. The van der Waals surface area contributed by atoms with Crippen LogP contribution in [0.4, 0.5) is 0 Å². The van der Waals surface area contributed by atoms with Gasteiger partial charge in [-0.1, -0.05) is 11.6 Å². The lowest BCUT2D eigenvalue weighted by Gasteiger charge is -2.04. The topological polar surface area (TPSA) is 43.6 Å². The number of halogens is 2. The maximum Gasteiger partial charge on any atom is 0.160 e. The summed E-state index contributed by atoms with van der Waals surface area (Å²) in [5.41, 5.74) is 1.57. The molecule has 0 saturated carbocycles. The Hall–Kier alpha value is -1.17. The van der Waals surface area contributed by atoms with Gasteiger partial charge in [0.15, 0.2) is 5.65 Å². The molecule has 7 heteroatoms. The molecule has 0 aromatic carbocycles. The van der Waals surface area contributed by atoms with Gasteiger partial charge in [0.1, 0.15) is 11.3 Å². The van der Waals surface area contributed by atoms with Crippen molar-refractivity contribution in [3.63, 3.8) is 0 Å². The molecular weight excluding hydrogens is 303 g/mol. The van der Waals surface area contributed by atoms with Crippen LogP contribution in [0.2, 0.25) is 5.02 Å². The molecule has 0 spiro atoms. The molecule has 0 saturated heterocycles. The number of pyridine rings is 1. The summed E-state index contributed by atoms with van der Waals surface area (Å²) in [7, 11) is 0. The van der Waals surface area contributed by atoms with Crippen molar-refractivity contribution >= 4 is 45.7 Å². The summed E-state index contributed by atoms with van der Waals surface area (Å²) in [4.78, 5) is 14.2. The molecule has 3 rings (SSSR count). The van der Waals surface area contributed by atoms with Crippen LogP contribution < -0.4 is 0 Å². The smallest absolute Gasteiger partial charge is 0.160 e. The van der Waals surface area contributed by atoms with Crippen molar-refractivity contribution in [1.29, 1.82) is 0 Å². The van der Waals surface area contributed by atoms with Gasteiger partial charge in [-0.3, -0.25) is 0 Å². The second-order valence-electron chi connectivity index (χ2n) is 4.09. The summed E-state index contributed by atoms with van der Waals surface area (Å²) in [6, 6.07) is 1.80. The Balaban J connectivity index is 2.10. The highest BCUT2D eigenvalue weighted by Gasteiger charge is 2.13. The van der Waals surface area contributed by atoms with E-state index in [1.807, 2.05) is 17.7 Å². The highest BCUT2D eigenvalue weighted by Crippen LogP contribution is 2.22. The first-order chi connectivity index (χ1) is 9.17. The number of aryl methyl sites for hydroxylation is 1. The third kappa shape index (κ3) is 2.45. The van der Waals surface area contributed by atoms with Gasteiger partial charge in [0.05, 0.1) is 22.5 Å². The van der Waals surface area contributed by atoms with Crippen molar-refractivity contribution in [2.24, 2.45) is 0 Å². The van der Waals surface area contributed by atoms with Crippen LogP contribution >= 0.6 is 34.5 Å². The van der Waals surface area contributed by atoms with Crippen molar-refractivity contribution in [1.82, 2.24) is 19.5 Å². The molecule has 0 atom stereocenters. The molecule has 0 N–H and O–H groups in total. The molecule has 3 aromatic rings. The number of nitrogens with zero attached hydrogens (tertiary/aromatic N) is 4. The Kier molecular flexibility index (Phi) is 3.43. The Morgan fingerprint density at radius 1 is 1.32 bits per heavy atom. The predicted molar refractivity (Wildman–Crippen MR) is 78.0 cm³/mol. The minimum Gasteiger partial charge on any atom is -0.306 e. The Morgan fingerprint density at radius 2 is 2.16 bits per heavy atom. The van der Waals surface area contributed by atoms with Crippen molar-refractivity contribution in [2.45, 2.75) is 19.3 Å². The second kappa shape index (κ2) is 5.07. The average molecular weight is 313 g/mol. The fourth-order valence-electron chi connectivity index (χ4n) is 1.94. The number of hydrogen-bond donors (Lipinski definition) is 0. The van der Waals surface area contributed by atoms with E-state index in [1.54, 1.807) is 23.6 Å². The molecule has 4 nitrogen and oxygen atoms in total. The number of fused-ring (bicyclic) bond motifs is 1. The van der Waals surface area contributed by atoms with Gasteiger partial charge < -0.3 is 4.57 Å². The molecule has 0 unspecified atom stereocenters. The molecule has 0 fully saturated rings. The zero-order valence-electron chi connectivity index (χ0n) is 10.1. The summed E-state index contributed by atoms with van der Waals surface area (Å²) >= 11 is 13.6. The van der Waals surface area contributed by atoms with Gasteiger partial charge in [-0.25, -0.2) is 15.0 Å². The molecule has 19 heavy (non-hydrogen) atoms. The summed E-state index contributed by atoms with van der Waals surface area (Å²) in [6.45, 7) is 2.67. The van der Waals surface area contributed by atoms with Crippen LogP contribution in [-0.4, -0.2) is 19.5 Å². The zero-order chi connectivity index (χ0) is 13.4. The molecular formula is C12H10Cl2N4S. The molecule has 3 aromatic heterocycles. The standard InChI is InChI=1S/C12H10Cl2N4S/c1-7-15-5-9(19-7)6-18-11(3-13)17-10-2-8(14)4-16-12(10)18/h2,4-5H,3,6H2,1H3. The van der Waals surface area contributed by atoms with Gasteiger partial charge in [-0.15, -0.1) is 22.9 Å². The van der Waals surface area contributed by atoms with Gasteiger partial charge >= 0.3 is 0 Å². The maximum atomic E-state index is 5.96. The molecule has 0 aliphatic rings. The minimum absolute atomic E-state index is 0.339. The van der Waals surface area contributed by atoms with Crippen LogP contribution in [-0.2, 0) is 12.4 Å². The van der Waals surface area contributed by atoms with E-state index in [0.717, 1.165) is 26.9 Å². The Labute approximate surface area is 124 Å². The van der Waals surface area contributed by atoms with E-state index in [1.165, 1.54) is 0 Å². The van der Waals surface area contributed by atoms with Gasteiger partial charge in [0.2, 0.25) is 0 Å². The van der Waals surface area contributed by atoms with Gasteiger partial charge in [-0.05, 0) is 13.0 Å². The average Bonchev–Trinajstić information content (AvgIpc) is 2.94. The summed E-state index contributed by atoms with van der Waals surface area (Å²) in [5, 5.41) is 1.62. The SMILES string of the molecule is Cc1ncc(Cn2c(CCl)nc3cc(Cl)cnc32)s1. The zero-order valence-corrected chi connectivity index (χ0v) is 12.4. The van der Waals surface area contributed by atoms with Crippen LogP contribution in [0.1, 0.15) is 15.7 Å². The lowest BCUT2D eigenvalue weighted by atomic mass is 10.4. The largest absolute Gasteiger partial charge is 0.306 e. The van der Waals surface area contributed by atoms with Crippen molar-refractivity contribution in [3.8, 4) is 0 Å². The van der Waals surface area contributed by atoms with E-state index in [0.29, 0.717) is 17.4 Å². The first-order valence-corrected chi connectivity index (χ1v) is 7.38. The minimum atomic E-state index is 0.339. The molecule has 98 valence electrons. The number of imidazole rings is 1. The molecule has 0 aliphatic heterocycles. The number of thiazole rings is 1. The monoisotopic (exact) mass is 312 g/mol. The lowest BCUT2D eigenvalue weighted by Crippen LogP contribution is -2.03. The van der Waals surface area contributed by atoms with Crippen LogP contribution in [0.25, 0.3) is 11.2 Å². The van der Waals surface area contributed by atoms with E-state index in [-0.39, 0.29) is 0 Å². The highest BCUT2D eigenvalue weighted by molar-refractivity contribution is 7.11. The van der Waals surface area contributed by atoms with E-state index in [9.17, 15) is 0 Å². The number of hydrogen-bond acceptors (Lipinski definition) is 4. The Bertz CT molecular complexity index is 734. The van der Waals surface area contributed by atoms with Crippen molar-refractivity contribution in [3.05, 3.63) is 39.2 Å². The van der Waals surface area contributed by atoms with Crippen LogP contribution in [0.3, 0.4) is 0 Å². The first kappa shape index (κ1) is 12.8. The summed E-state index contributed by atoms with van der Waals surface area (Å²) in [6.07, 6.45) is 3.50. The van der Waals surface area contributed by atoms with Gasteiger partial charge in [0, 0.05) is 17.3 Å². The normalized spacial score (nSPS) is 11.3. The quantitative estimate of drug-likeness (QED) is 0.693. The van der Waals surface area contributed by atoms with Gasteiger partial charge in [0.25, 0.3) is 0 Å². The number of rotatable bonds is 3. The van der Waals surface area contributed by atoms with E-state index in [2.05, 4.69) is 15.0 Å². The molecule has 0 amide bonds. The predicted octanol–water partition coefficient (Wildman–Crippen LogP) is 3.64. The Morgan fingerprint density at radius 3 is 2.84 bits per heavy atom. The van der Waals surface area contributed by atoms with E-state index in [4.69, 9.17) is 23.2 Å². The van der Waals surface area contributed by atoms with Gasteiger partial charge in [-0.2, -0.15) is 0 Å². The summed E-state index contributed by atoms with van der Waals surface area (Å²) in [5.74, 6) is 1.13. The van der Waals surface area contributed by atoms with Crippen LogP contribution in [0.5, 0.6) is 0 Å². The van der Waals surface area contributed by atoms with E-state index >= 15 is 0 Å². The van der Waals surface area contributed by atoms with Crippen LogP contribution in [0, 0.1) is 6.92 Å². The van der Waals surface area contributed by atoms with Crippen LogP contribution in [0.15, 0.2) is 18.5 Å². The molecule has 3 heterocycles. The number of aromatic nitrogens is 4.